The number of alkyl carbamates (subject to hydrolysis) is 1. The zero-order valence-corrected chi connectivity index (χ0v) is 13.3. The maximum absolute atomic E-state index is 12.2. The van der Waals surface area contributed by atoms with E-state index in [0.717, 1.165) is 5.56 Å². The van der Waals surface area contributed by atoms with Crippen LogP contribution in [0.1, 0.15) is 40.2 Å². The normalized spacial score (nSPS) is 12.9. The molecule has 0 aliphatic carbocycles. The Labute approximate surface area is 126 Å². The fraction of sp³-hybridized carbons (Fsp3) is 0.562. The van der Waals surface area contributed by atoms with Crippen LogP contribution in [0.3, 0.4) is 0 Å². The molecule has 0 radical (unpaired) electrons. The van der Waals surface area contributed by atoms with Gasteiger partial charge in [-0.15, -0.1) is 0 Å². The molecule has 21 heavy (non-hydrogen) atoms. The van der Waals surface area contributed by atoms with Gasteiger partial charge < -0.3 is 10.1 Å². The number of carbonyl (C=O) groups is 2. The van der Waals surface area contributed by atoms with Crippen molar-refractivity contribution in [2.24, 2.45) is 11.3 Å². The second kappa shape index (κ2) is 7.20. The summed E-state index contributed by atoms with van der Waals surface area (Å²) in [4.78, 5) is 28.1. The van der Waals surface area contributed by atoms with Crippen LogP contribution in [0.2, 0.25) is 0 Å². The fourth-order valence-corrected chi connectivity index (χ4v) is 1.84. The second-order valence-electron chi connectivity index (χ2n) is 6.44. The van der Waals surface area contributed by atoms with E-state index in [1.54, 1.807) is 18.5 Å². The molecule has 116 valence electrons. The van der Waals surface area contributed by atoms with Crippen molar-refractivity contribution in [3.05, 3.63) is 30.1 Å². The van der Waals surface area contributed by atoms with Gasteiger partial charge in [0.2, 0.25) is 0 Å². The van der Waals surface area contributed by atoms with Crippen LogP contribution >= 0.6 is 0 Å². The van der Waals surface area contributed by atoms with E-state index in [2.05, 4.69) is 10.3 Å². The minimum atomic E-state index is -0.590. The highest BCUT2D eigenvalue weighted by Crippen LogP contribution is 2.22. The monoisotopic (exact) mass is 292 g/mol. The van der Waals surface area contributed by atoms with Gasteiger partial charge in [-0.1, -0.05) is 40.7 Å². The lowest BCUT2D eigenvalue weighted by Crippen LogP contribution is -2.50. The Morgan fingerprint density at radius 2 is 2.00 bits per heavy atom. The Hall–Kier alpha value is -1.91. The lowest BCUT2D eigenvalue weighted by molar-refractivity contribution is -0.126. The third-order valence-corrected chi connectivity index (χ3v) is 3.07. The number of Topliss-reactive ketones (excluding diaryl/α,β-unsaturated/α-hetero) is 1. The third-order valence-electron chi connectivity index (χ3n) is 3.07. The van der Waals surface area contributed by atoms with Crippen molar-refractivity contribution >= 4 is 11.9 Å². The van der Waals surface area contributed by atoms with Crippen molar-refractivity contribution in [1.82, 2.24) is 10.3 Å². The summed E-state index contributed by atoms with van der Waals surface area (Å²) in [6.07, 6.45) is 2.70. The zero-order valence-electron chi connectivity index (χ0n) is 13.3. The molecule has 1 rings (SSSR count). The Morgan fingerprint density at radius 1 is 1.33 bits per heavy atom. The lowest BCUT2D eigenvalue weighted by Gasteiger charge is -2.31. The molecule has 1 N–H and O–H groups in total. The van der Waals surface area contributed by atoms with E-state index in [1.165, 1.54) is 0 Å². The van der Waals surface area contributed by atoms with E-state index in [9.17, 15) is 9.59 Å². The van der Waals surface area contributed by atoms with Crippen LogP contribution in [0.4, 0.5) is 4.79 Å². The summed E-state index contributed by atoms with van der Waals surface area (Å²) >= 11 is 0. The van der Waals surface area contributed by atoms with Crippen LogP contribution in [0.15, 0.2) is 24.5 Å². The zero-order chi connectivity index (χ0) is 16.0. The van der Waals surface area contributed by atoms with Gasteiger partial charge in [-0.05, 0) is 11.5 Å². The first-order valence-electron chi connectivity index (χ1n) is 7.07. The van der Waals surface area contributed by atoms with Gasteiger partial charge in [-0.3, -0.25) is 9.78 Å². The first-order valence-corrected chi connectivity index (χ1v) is 7.07. The van der Waals surface area contributed by atoms with Crippen molar-refractivity contribution in [2.45, 2.75) is 47.3 Å². The number of ketones is 1. The van der Waals surface area contributed by atoms with Gasteiger partial charge >= 0.3 is 6.09 Å². The number of nitrogens with one attached hydrogen (secondary N) is 1. The van der Waals surface area contributed by atoms with E-state index < -0.39 is 12.1 Å². The van der Waals surface area contributed by atoms with Crippen molar-refractivity contribution in [2.75, 3.05) is 0 Å². The maximum Gasteiger partial charge on any atom is 0.408 e. The highest BCUT2D eigenvalue weighted by atomic mass is 16.5. The molecule has 5 nitrogen and oxygen atoms in total. The van der Waals surface area contributed by atoms with E-state index in [4.69, 9.17) is 4.74 Å². The number of ether oxygens (including phenoxy) is 1. The third kappa shape index (κ3) is 5.53. The lowest BCUT2D eigenvalue weighted by atomic mass is 9.81. The van der Waals surface area contributed by atoms with Crippen LogP contribution in [0, 0.1) is 11.3 Å². The smallest absolute Gasteiger partial charge is 0.408 e. The topological polar surface area (TPSA) is 68.3 Å². The van der Waals surface area contributed by atoms with Crippen molar-refractivity contribution in [3.63, 3.8) is 0 Å². The Balaban J connectivity index is 2.63. The number of carbonyl (C=O) groups excluding carboxylic acids is 2. The summed E-state index contributed by atoms with van der Waals surface area (Å²) in [7, 11) is 0. The summed E-state index contributed by atoms with van der Waals surface area (Å²) in [5.41, 5.74) is 0.435. The molecule has 1 atom stereocenters. The van der Waals surface area contributed by atoms with Crippen molar-refractivity contribution in [1.29, 1.82) is 0 Å². The molecule has 0 bridgehead atoms. The van der Waals surface area contributed by atoms with Crippen LogP contribution in [-0.2, 0) is 16.1 Å². The summed E-state index contributed by atoms with van der Waals surface area (Å²) < 4.78 is 5.14. The van der Waals surface area contributed by atoms with E-state index >= 15 is 0 Å². The molecule has 1 unspecified atom stereocenters. The molecule has 0 aromatic carbocycles. The molecule has 0 aliphatic rings. The van der Waals surface area contributed by atoms with Crippen LogP contribution in [0.25, 0.3) is 0 Å². The molecule has 0 saturated carbocycles. The van der Waals surface area contributed by atoms with Gasteiger partial charge in [0, 0.05) is 23.9 Å². The van der Waals surface area contributed by atoms with Gasteiger partial charge in [0.15, 0.2) is 5.78 Å². The minimum Gasteiger partial charge on any atom is -0.445 e. The molecule has 1 aromatic rings. The van der Waals surface area contributed by atoms with Gasteiger partial charge in [0.1, 0.15) is 6.61 Å². The van der Waals surface area contributed by atoms with Gasteiger partial charge in [0.25, 0.3) is 0 Å². The predicted octanol–water partition coefficient (Wildman–Crippen LogP) is 2.95. The molecule has 0 saturated heterocycles. The SMILES string of the molecule is CC(C)C(=O)C(NC(=O)OCc1cccnc1)C(C)(C)C. The molecule has 1 amide bonds. The first kappa shape index (κ1) is 17.1. The molecule has 0 spiro atoms. The van der Waals surface area contributed by atoms with Crippen LogP contribution < -0.4 is 5.32 Å². The maximum atomic E-state index is 12.2. The molecule has 5 heteroatoms. The summed E-state index contributed by atoms with van der Waals surface area (Å²) in [6, 6.07) is 3.02. The van der Waals surface area contributed by atoms with E-state index in [-0.39, 0.29) is 23.7 Å². The number of hydrogen-bond acceptors (Lipinski definition) is 4. The standard InChI is InChI=1S/C16H24N2O3/c1-11(2)13(19)14(16(3,4)5)18-15(20)21-10-12-7-6-8-17-9-12/h6-9,11,14H,10H2,1-5H3,(H,18,20). The highest BCUT2D eigenvalue weighted by Gasteiger charge is 2.34. The van der Waals surface area contributed by atoms with Crippen LogP contribution in [-0.4, -0.2) is 22.9 Å². The Kier molecular flexibility index (Phi) is 5.88. The summed E-state index contributed by atoms with van der Waals surface area (Å²) in [6.45, 7) is 9.53. The Bertz CT molecular complexity index is 478. The number of nitrogens with zero attached hydrogens (tertiary/aromatic N) is 1. The average molecular weight is 292 g/mol. The van der Waals surface area contributed by atoms with Gasteiger partial charge in [-0.25, -0.2) is 4.79 Å². The molecular formula is C16H24N2O3. The second-order valence-corrected chi connectivity index (χ2v) is 6.44. The highest BCUT2D eigenvalue weighted by molar-refractivity contribution is 5.89. The van der Waals surface area contributed by atoms with Crippen LogP contribution in [0.5, 0.6) is 0 Å². The summed E-state index contributed by atoms with van der Waals surface area (Å²) in [5.74, 6) is -0.145. The molecule has 0 aliphatic heterocycles. The quantitative estimate of drug-likeness (QED) is 0.906. The first-order chi connectivity index (χ1) is 9.71. The largest absolute Gasteiger partial charge is 0.445 e. The number of pyridine rings is 1. The number of rotatable bonds is 5. The fourth-order valence-electron chi connectivity index (χ4n) is 1.84. The van der Waals surface area contributed by atoms with Crippen molar-refractivity contribution in [3.8, 4) is 0 Å². The van der Waals surface area contributed by atoms with E-state index in [0.29, 0.717) is 0 Å². The number of hydrogen-bond donors (Lipinski definition) is 1. The number of amides is 1. The molecule has 1 heterocycles. The van der Waals surface area contributed by atoms with Gasteiger partial charge in [-0.2, -0.15) is 0 Å². The number of aromatic nitrogens is 1. The summed E-state index contributed by atoms with van der Waals surface area (Å²) in [5, 5.41) is 2.68. The average Bonchev–Trinajstić information content (AvgIpc) is 2.41. The predicted molar refractivity (Wildman–Crippen MR) is 80.6 cm³/mol. The minimum absolute atomic E-state index is 0.000766. The van der Waals surface area contributed by atoms with Gasteiger partial charge in [0.05, 0.1) is 6.04 Å². The van der Waals surface area contributed by atoms with E-state index in [1.807, 2.05) is 40.7 Å². The van der Waals surface area contributed by atoms with Crippen molar-refractivity contribution < 1.29 is 14.3 Å². The molecular weight excluding hydrogens is 268 g/mol. The molecule has 1 aromatic heterocycles. The molecule has 0 fully saturated rings. The Morgan fingerprint density at radius 3 is 2.48 bits per heavy atom.